The highest BCUT2D eigenvalue weighted by Crippen LogP contribution is 2.33. The van der Waals surface area contributed by atoms with E-state index in [1.54, 1.807) is 0 Å². The number of nitrogens with one attached hydrogen (secondary N) is 1. The Bertz CT molecular complexity index is 316. The minimum atomic E-state index is -0.739. The third-order valence-corrected chi connectivity index (χ3v) is 4.79. The Kier molecular flexibility index (Phi) is 6.46. The van der Waals surface area contributed by atoms with E-state index in [4.69, 9.17) is 0 Å². The van der Waals surface area contributed by atoms with Crippen LogP contribution in [0.3, 0.4) is 0 Å². The van der Waals surface area contributed by atoms with Crippen LogP contribution in [0.5, 0.6) is 0 Å². The van der Waals surface area contributed by atoms with Crippen molar-refractivity contribution in [1.82, 2.24) is 10.2 Å². The van der Waals surface area contributed by atoms with Gasteiger partial charge in [-0.25, -0.2) is 0 Å². The molecule has 1 aliphatic rings. The highest BCUT2D eigenvalue weighted by atomic mass is 16.4. The van der Waals surface area contributed by atoms with E-state index >= 15 is 0 Å². The van der Waals surface area contributed by atoms with Crippen LogP contribution in [0.25, 0.3) is 0 Å². The summed E-state index contributed by atoms with van der Waals surface area (Å²) >= 11 is 0. The molecule has 0 saturated heterocycles. The summed E-state index contributed by atoms with van der Waals surface area (Å²) in [5.74, 6) is -0.686. The smallest absolute Gasteiger partial charge is 0.323 e. The highest BCUT2D eigenvalue weighted by molar-refractivity contribution is 5.79. The highest BCUT2D eigenvalue weighted by Gasteiger charge is 2.44. The van der Waals surface area contributed by atoms with Crippen LogP contribution in [-0.4, -0.2) is 46.7 Å². The summed E-state index contributed by atoms with van der Waals surface area (Å²) in [7, 11) is 2.16. The third-order valence-electron chi connectivity index (χ3n) is 4.79. The first kappa shape index (κ1) is 17.4. The second kappa shape index (κ2) is 7.41. The van der Waals surface area contributed by atoms with Gasteiger partial charge in [0.15, 0.2) is 0 Å². The summed E-state index contributed by atoms with van der Waals surface area (Å²) in [5, 5.41) is 13.0. The molecule has 0 aromatic heterocycles. The number of hydrogen-bond donors (Lipinski definition) is 2. The van der Waals surface area contributed by atoms with Crippen LogP contribution >= 0.6 is 0 Å². The number of nitrogens with zero attached hydrogens (tertiary/aromatic N) is 1. The van der Waals surface area contributed by atoms with Crippen molar-refractivity contribution in [2.75, 3.05) is 7.05 Å². The van der Waals surface area contributed by atoms with Crippen molar-refractivity contribution >= 4 is 5.97 Å². The largest absolute Gasteiger partial charge is 0.480 e. The van der Waals surface area contributed by atoms with Gasteiger partial charge in [-0.1, -0.05) is 13.8 Å². The maximum atomic E-state index is 11.8. The lowest BCUT2D eigenvalue weighted by molar-refractivity contribution is -0.148. The van der Waals surface area contributed by atoms with Crippen LogP contribution in [0.4, 0.5) is 0 Å². The maximum Gasteiger partial charge on any atom is 0.323 e. The van der Waals surface area contributed by atoms with E-state index in [9.17, 15) is 9.90 Å². The van der Waals surface area contributed by atoms with E-state index in [2.05, 4.69) is 31.1 Å². The lowest BCUT2D eigenvalue weighted by atomic mass is 9.77. The van der Waals surface area contributed by atoms with Crippen molar-refractivity contribution in [1.29, 1.82) is 0 Å². The fraction of sp³-hybridized carbons (Fsp3) is 0.938. The normalized spacial score (nSPS) is 27.5. The Morgan fingerprint density at radius 2 is 2.00 bits per heavy atom. The minimum Gasteiger partial charge on any atom is -0.480 e. The molecule has 2 atom stereocenters. The maximum absolute atomic E-state index is 11.8. The third kappa shape index (κ3) is 3.95. The van der Waals surface area contributed by atoms with Crippen LogP contribution in [0, 0.1) is 0 Å². The first-order chi connectivity index (χ1) is 9.36. The Labute approximate surface area is 123 Å². The molecule has 0 radical (unpaired) electrons. The summed E-state index contributed by atoms with van der Waals surface area (Å²) < 4.78 is 0. The van der Waals surface area contributed by atoms with E-state index < -0.39 is 11.5 Å². The molecule has 0 bridgehead atoms. The van der Waals surface area contributed by atoms with Gasteiger partial charge in [0, 0.05) is 18.1 Å². The van der Waals surface area contributed by atoms with Crippen molar-refractivity contribution in [3.05, 3.63) is 0 Å². The fourth-order valence-electron chi connectivity index (χ4n) is 3.70. The molecule has 118 valence electrons. The van der Waals surface area contributed by atoms with Crippen molar-refractivity contribution in [3.63, 3.8) is 0 Å². The van der Waals surface area contributed by atoms with Crippen molar-refractivity contribution in [3.8, 4) is 0 Å². The number of carboxylic acids is 1. The number of carboxylic acid groups (broad SMARTS) is 1. The zero-order valence-electron chi connectivity index (χ0n) is 13.8. The second-order valence-electron chi connectivity index (χ2n) is 6.57. The molecular formula is C16H32N2O2. The lowest BCUT2D eigenvalue weighted by Gasteiger charge is -2.44. The molecule has 0 spiro atoms. The molecule has 0 amide bonds. The molecular weight excluding hydrogens is 252 g/mol. The van der Waals surface area contributed by atoms with Crippen molar-refractivity contribution in [2.24, 2.45) is 0 Å². The number of carbonyl (C=O) groups is 1. The molecule has 2 unspecified atom stereocenters. The summed E-state index contributed by atoms with van der Waals surface area (Å²) in [6.07, 6.45) is 5.81. The van der Waals surface area contributed by atoms with Crippen LogP contribution in [0.15, 0.2) is 0 Å². The molecule has 20 heavy (non-hydrogen) atoms. The van der Waals surface area contributed by atoms with Gasteiger partial charge in [0.05, 0.1) is 0 Å². The average molecular weight is 284 g/mol. The summed E-state index contributed by atoms with van der Waals surface area (Å²) in [6, 6.07) is 1.13. The quantitative estimate of drug-likeness (QED) is 0.755. The Morgan fingerprint density at radius 1 is 1.40 bits per heavy atom. The van der Waals surface area contributed by atoms with Gasteiger partial charge in [-0.15, -0.1) is 0 Å². The zero-order chi connectivity index (χ0) is 15.3. The Morgan fingerprint density at radius 3 is 2.45 bits per heavy atom. The molecule has 0 aromatic carbocycles. The van der Waals surface area contributed by atoms with Crippen molar-refractivity contribution < 1.29 is 9.90 Å². The summed E-state index contributed by atoms with van der Waals surface area (Å²) in [5.41, 5.74) is -0.739. The van der Waals surface area contributed by atoms with Crippen LogP contribution in [0.2, 0.25) is 0 Å². The van der Waals surface area contributed by atoms with E-state index in [1.807, 2.05) is 13.8 Å². The number of aliphatic carboxylic acids is 1. The molecule has 0 aromatic rings. The van der Waals surface area contributed by atoms with Crippen molar-refractivity contribution in [2.45, 2.75) is 89.9 Å². The standard InChI is InChI=1S/C16H32N2O2/c1-6-13(7-2)18(5)14-9-8-10-16(11-14,15(19)20)17-12(3)4/h12-14,17H,6-11H2,1-5H3,(H,19,20). The topological polar surface area (TPSA) is 52.6 Å². The van der Waals surface area contributed by atoms with Gasteiger partial charge in [-0.2, -0.15) is 0 Å². The van der Waals surface area contributed by atoms with E-state index in [0.29, 0.717) is 18.5 Å². The zero-order valence-corrected chi connectivity index (χ0v) is 13.8. The predicted molar refractivity (Wildman–Crippen MR) is 83.0 cm³/mol. The van der Waals surface area contributed by atoms with E-state index in [-0.39, 0.29) is 6.04 Å². The van der Waals surface area contributed by atoms with Crippen LogP contribution in [-0.2, 0) is 4.79 Å². The summed E-state index contributed by atoms with van der Waals surface area (Å²) in [6.45, 7) is 8.48. The van der Waals surface area contributed by atoms with Crippen LogP contribution < -0.4 is 5.32 Å². The van der Waals surface area contributed by atoms with E-state index in [1.165, 1.54) is 0 Å². The summed E-state index contributed by atoms with van der Waals surface area (Å²) in [4.78, 5) is 14.2. The predicted octanol–water partition coefficient (Wildman–Crippen LogP) is 2.87. The monoisotopic (exact) mass is 284 g/mol. The van der Waals surface area contributed by atoms with Gasteiger partial charge in [0.2, 0.25) is 0 Å². The minimum absolute atomic E-state index is 0.198. The van der Waals surface area contributed by atoms with Gasteiger partial charge in [0.1, 0.15) is 5.54 Å². The Hall–Kier alpha value is -0.610. The SMILES string of the molecule is CCC(CC)N(C)C1CCCC(NC(C)C)(C(=O)O)C1. The van der Waals surface area contributed by atoms with Gasteiger partial charge in [-0.3, -0.25) is 10.1 Å². The molecule has 4 nitrogen and oxygen atoms in total. The molecule has 2 N–H and O–H groups in total. The fourth-order valence-corrected chi connectivity index (χ4v) is 3.70. The lowest BCUT2D eigenvalue weighted by Crippen LogP contribution is -2.60. The van der Waals surface area contributed by atoms with Gasteiger partial charge < -0.3 is 10.0 Å². The second-order valence-corrected chi connectivity index (χ2v) is 6.57. The molecule has 0 heterocycles. The molecule has 0 aliphatic heterocycles. The number of hydrogen-bond acceptors (Lipinski definition) is 3. The Balaban J connectivity index is 2.84. The number of rotatable bonds is 7. The molecule has 1 fully saturated rings. The molecule has 1 rings (SSSR count). The van der Waals surface area contributed by atoms with Gasteiger partial charge in [-0.05, 0) is 59.4 Å². The first-order valence-corrected chi connectivity index (χ1v) is 8.09. The van der Waals surface area contributed by atoms with Gasteiger partial charge in [0.25, 0.3) is 0 Å². The molecule has 4 heteroatoms. The molecule has 1 saturated carbocycles. The molecule has 1 aliphatic carbocycles. The van der Waals surface area contributed by atoms with Gasteiger partial charge >= 0.3 is 5.97 Å². The van der Waals surface area contributed by atoms with Crippen LogP contribution in [0.1, 0.15) is 66.2 Å². The first-order valence-electron chi connectivity index (χ1n) is 8.09. The van der Waals surface area contributed by atoms with E-state index in [0.717, 1.165) is 32.1 Å². The average Bonchev–Trinajstić information content (AvgIpc) is 2.39.